The highest BCUT2D eigenvalue weighted by Crippen LogP contribution is 2.31. The van der Waals surface area contributed by atoms with Gasteiger partial charge in [-0.15, -0.1) is 0 Å². The molecule has 5 heteroatoms. The quantitative estimate of drug-likeness (QED) is 0.679. The number of hydrogen-bond donors (Lipinski definition) is 0. The number of nitrogens with zero attached hydrogens (tertiary/aromatic N) is 2. The standard InChI is InChI=1S/C13H24N2O3/c1-3-18-12(16)10-13(4-9-17-11-13)15-7-5-14(2)6-8-15/h3-11H2,1-2H3. The molecule has 0 radical (unpaired) electrons. The van der Waals surface area contributed by atoms with E-state index in [0.717, 1.165) is 39.2 Å². The van der Waals surface area contributed by atoms with E-state index in [1.54, 1.807) is 0 Å². The van der Waals surface area contributed by atoms with Gasteiger partial charge in [0.25, 0.3) is 0 Å². The van der Waals surface area contributed by atoms with Gasteiger partial charge in [0.15, 0.2) is 0 Å². The fourth-order valence-electron chi connectivity index (χ4n) is 2.86. The Bertz CT molecular complexity index is 282. The normalized spacial score (nSPS) is 30.6. The predicted molar refractivity (Wildman–Crippen MR) is 68.5 cm³/mol. The average molecular weight is 256 g/mol. The van der Waals surface area contributed by atoms with Gasteiger partial charge in [0.1, 0.15) is 0 Å². The van der Waals surface area contributed by atoms with Crippen LogP contribution in [0.1, 0.15) is 19.8 Å². The lowest BCUT2D eigenvalue weighted by molar-refractivity contribution is -0.147. The largest absolute Gasteiger partial charge is 0.466 e. The fraction of sp³-hybridized carbons (Fsp3) is 0.923. The first kappa shape index (κ1) is 13.8. The molecule has 0 bridgehead atoms. The minimum absolute atomic E-state index is 0.0954. The molecule has 2 heterocycles. The molecular weight excluding hydrogens is 232 g/mol. The molecule has 104 valence electrons. The van der Waals surface area contributed by atoms with E-state index in [1.807, 2.05) is 6.92 Å². The summed E-state index contributed by atoms with van der Waals surface area (Å²) in [5.74, 6) is -0.0954. The second kappa shape index (κ2) is 5.99. The van der Waals surface area contributed by atoms with Crippen LogP contribution in [0, 0.1) is 0 Å². The molecular formula is C13H24N2O3. The summed E-state index contributed by atoms with van der Waals surface area (Å²) in [7, 11) is 2.14. The Hall–Kier alpha value is -0.650. The van der Waals surface area contributed by atoms with E-state index >= 15 is 0 Å². The van der Waals surface area contributed by atoms with Crippen LogP contribution in [-0.2, 0) is 14.3 Å². The van der Waals surface area contributed by atoms with Crippen molar-refractivity contribution < 1.29 is 14.3 Å². The number of hydrogen-bond acceptors (Lipinski definition) is 5. The maximum absolute atomic E-state index is 11.8. The molecule has 1 unspecified atom stereocenters. The van der Waals surface area contributed by atoms with Gasteiger partial charge in [-0.2, -0.15) is 0 Å². The number of esters is 1. The minimum atomic E-state index is -0.118. The molecule has 0 aromatic rings. The van der Waals surface area contributed by atoms with Gasteiger partial charge in [-0.1, -0.05) is 0 Å². The number of carbonyl (C=O) groups excluding carboxylic acids is 1. The minimum Gasteiger partial charge on any atom is -0.466 e. The highest BCUT2D eigenvalue weighted by atomic mass is 16.5. The van der Waals surface area contributed by atoms with Gasteiger partial charge in [-0.05, 0) is 20.4 Å². The maximum atomic E-state index is 11.8. The van der Waals surface area contributed by atoms with E-state index in [4.69, 9.17) is 9.47 Å². The van der Waals surface area contributed by atoms with Crippen molar-refractivity contribution in [2.24, 2.45) is 0 Å². The Morgan fingerprint density at radius 3 is 2.61 bits per heavy atom. The number of rotatable bonds is 4. The summed E-state index contributed by atoms with van der Waals surface area (Å²) in [6.07, 6.45) is 1.40. The number of ether oxygens (including phenoxy) is 2. The third kappa shape index (κ3) is 3.02. The maximum Gasteiger partial charge on any atom is 0.307 e. The first-order chi connectivity index (χ1) is 8.66. The second-order valence-corrected chi connectivity index (χ2v) is 5.30. The predicted octanol–water partition coefficient (Wildman–Crippen LogP) is 0.346. The van der Waals surface area contributed by atoms with Crippen LogP contribution < -0.4 is 0 Å². The Balaban J connectivity index is 1.99. The van der Waals surface area contributed by atoms with Gasteiger partial charge in [0.05, 0.1) is 25.2 Å². The van der Waals surface area contributed by atoms with Crippen molar-refractivity contribution in [3.8, 4) is 0 Å². The van der Waals surface area contributed by atoms with Crippen LogP contribution in [0.2, 0.25) is 0 Å². The van der Waals surface area contributed by atoms with Gasteiger partial charge < -0.3 is 14.4 Å². The lowest BCUT2D eigenvalue weighted by Gasteiger charge is -2.44. The molecule has 0 aromatic heterocycles. The molecule has 0 aromatic carbocycles. The van der Waals surface area contributed by atoms with E-state index in [2.05, 4.69) is 16.8 Å². The van der Waals surface area contributed by atoms with E-state index < -0.39 is 0 Å². The summed E-state index contributed by atoms with van der Waals surface area (Å²) in [4.78, 5) is 16.5. The average Bonchev–Trinajstić information content (AvgIpc) is 2.79. The monoisotopic (exact) mass is 256 g/mol. The van der Waals surface area contributed by atoms with Crippen LogP contribution >= 0.6 is 0 Å². The lowest BCUT2D eigenvalue weighted by Crippen LogP contribution is -2.57. The zero-order valence-corrected chi connectivity index (χ0v) is 11.5. The van der Waals surface area contributed by atoms with Crippen molar-refractivity contribution in [3.05, 3.63) is 0 Å². The SMILES string of the molecule is CCOC(=O)CC1(N2CCN(C)CC2)CCOC1. The molecule has 2 fully saturated rings. The number of piperazine rings is 1. The first-order valence-corrected chi connectivity index (χ1v) is 6.83. The summed E-state index contributed by atoms with van der Waals surface area (Å²) in [5, 5.41) is 0. The highest BCUT2D eigenvalue weighted by molar-refractivity contribution is 5.71. The Kier molecular flexibility index (Phi) is 4.59. The topological polar surface area (TPSA) is 42.0 Å². The zero-order chi connectivity index (χ0) is 13.0. The van der Waals surface area contributed by atoms with Crippen LogP contribution in [0.4, 0.5) is 0 Å². The van der Waals surface area contributed by atoms with E-state index in [0.29, 0.717) is 19.6 Å². The molecule has 0 aliphatic carbocycles. The number of likely N-dealkylation sites (N-methyl/N-ethyl adjacent to an activating group) is 1. The van der Waals surface area contributed by atoms with Gasteiger partial charge >= 0.3 is 5.97 Å². The Labute approximate surface area is 109 Å². The molecule has 2 rings (SSSR count). The second-order valence-electron chi connectivity index (χ2n) is 5.30. The summed E-state index contributed by atoms with van der Waals surface area (Å²) < 4.78 is 10.7. The molecule has 18 heavy (non-hydrogen) atoms. The molecule has 2 saturated heterocycles. The molecule has 0 amide bonds. The number of carbonyl (C=O) groups is 1. The van der Waals surface area contributed by atoms with Gasteiger partial charge in [0, 0.05) is 32.8 Å². The summed E-state index contributed by atoms with van der Waals surface area (Å²) in [6.45, 7) is 7.87. The fourth-order valence-corrected chi connectivity index (χ4v) is 2.86. The molecule has 0 saturated carbocycles. The first-order valence-electron chi connectivity index (χ1n) is 6.83. The van der Waals surface area contributed by atoms with Gasteiger partial charge in [-0.25, -0.2) is 0 Å². The van der Waals surface area contributed by atoms with Crippen molar-refractivity contribution in [1.82, 2.24) is 9.80 Å². The molecule has 5 nitrogen and oxygen atoms in total. The van der Waals surface area contributed by atoms with Crippen molar-refractivity contribution in [1.29, 1.82) is 0 Å². The third-order valence-corrected chi connectivity index (χ3v) is 4.04. The van der Waals surface area contributed by atoms with Crippen molar-refractivity contribution in [2.45, 2.75) is 25.3 Å². The van der Waals surface area contributed by atoms with Crippen LogP contribution in [0.25, 0.3) is 0 Å². The molecule has 0 spiro atoms. The Morgan fingerprint density at radius 1 is 1.33 bits per heavy atom. The van der Waals surface area contributed by atoms with E-state index in [-0.39, 0.29) is 11.5 Å². The van der Waals surface area contributed by atoms with E-state index in [9.17, 15) is 4.79 Å². The van der Waals surface area contributed by atoms with Crippen LogP contribution in [0.3, 0.4) is 0 Å². The molecule has 0 N–H and O–H groups in total. The molecule has 1 atom stereocenters. The van der Waals surface area contributed by atoms with Gasteiger partial charge in [0.2, 0.25) is 0 Å². The van der Waals surface area contributed by atoms with Crippen LogP contribution in [-0.4, -0.2) is 74.4 Å². The summed E-state index contributed by atoms with van der Waals surface area (Å²) >= 11 is 0. The van der Waals surface area contributed by atoms with Crippen molar-refractivity contribution >= 4 is 5.97 Å². The lowest BCUT2D eigenvalue weighted by atomic mass is 9.91. The molecule has 2 aliphatic heterocycles. The summed E-state index contributed by atoms with van der Waals surface area (Å²) in [5.41, 5.74) is -0.118. The Morgan fingerprint density at radius 2 is 2.06 bits per heavy atom. The molecule has 2 aliphatic rings. The zero-order valence-electron chi connectivity index (χ0n) is 11.5. The van der Waals surface area contributed by atoms with Crippen molar-refractivity contribution in [2.75, 3.05) is 53.0 Å². The van der Waals surface area contributed by atoms with Crippen LogP contribution in [0.15, 0.2) is 0 Å². The third-order valence-electron chi connectivity index (χ3n) is 4.04. The van der Waals surface area contributed by atoms with Gasteiger partial charge in [-0.3, -0.25) is 9.69 Å². The smallest absolute Gasteiger partial charge is 0.307 e. The van der Waals surface area contributed by atoms with Crippen LogP contribution in [0.5, 0.6) is 0 Å². The van der Waals surface area contributed by atoms with E-state index in [1.165, 1.54) is 0 Å². The summed E-state index contributed by atoms with van der Waals surface area (Å²) in [6, 6.07) is 0. The van der Waals surface area contributed by atoms with Crippen molar-refractivity contribution in [3.63, 3.8) is 0 Å². The highest BCUT2D eigenvalue weighted by Gasteiger charge is 2.43.